The maximum absolute atomic E-state index is 5.27. The van der Waals surface area contributed by atoms with Gasteiger partial charge in [-0.1, -0.05) is 6.08 Å². The Balaban J connectivity index is 2.75. The van der Waals surface area contributed by atoms with Crippen LogP contribution in [-0.4, -0.2) is 13.2 Å². The Morgan fingerprint density at radius 1 is 1.44 bits per heavy atom. The highest BCUT2D eigenvalue weighted by Gasteiger charge is 1.81. The van der Waals surface area contributed by atoms with Gasteiger partial charge in [-0.05, 0) is 26.3 Å². The monoisotopic (exact) mass is 129 g/mol. The van der Waals surface area contributed by atoms with Crippen LogP contribution < -0.4 is 5.73 Å². The van der Waals surface area contributed by atoms with Crippen LogP contribution in [0.15, 0.2) is 12.3 Å². The van der Waals surface area contributed by atoms with Crippen molar-refractivity contribution in [3.63, 3.8) is 0 Å². The highest BCUT2D eigenvalue weighted by molar-refractivity contribution is 4.64. The van der Waals surface area contributed by atoms with E-state index >= 15 is 0 Å². The van der Waals surface area contributed by atoms with Crippen molar-refractivity contribution in [2.75, 3.05) is 13.2 Å². The molecular weight excluding hydrogens is 114 g/mol. The summed E-state index contributed by atoms with van der Waals surface area (Å²) < 4.78 is 5.05. The summed E-state index contributed by atoms with van der Waals surface area (Å²) >= 11 is 0. The van der Waals surface area contributed by atoms with Crippen LogP contribution in [0.2, 0.25) is 0 Å². The van der Waals surface area contributed by atoms with Crippen molar-refractivity contribution in [1.29, 1.82) is 0 Å². The average Bonchev–Trinajstić information content (AvgIpc) is 1.89. The van der Waals surface area contributed by atoms with Crippen LogP contribution in [-0.2, 0) is 4.74 Å². The Morgan fingerprint density at radius 2 is 2.22 bits per heavy atom. The van der Waals surface area contributed by atoms with Gasteiger partial charge in [0.15, 0.2) is 0 Å². The highest BCUT2D eigenvalue weighted by Crippen LogP contribution is 1.87. The van der Waals surface area contributed by atoms with Crippen LogP contribution in [0.1, 0.15) is 19.8 Å². The molecule has 0 aliphatic carbocycles. The predicted molar refractivity (Wildman–Crippen MR) is 39.1 cm³/mol. The van der Waals surface area contributed by atoms with Gasteiger partial charge in [-0.3, -0.25) is 0 Å². The molecule has 2 heteroatoms. The van der Waals surface area contributed by atoms with Crippen molar-refractivity contribution in [3.8, 4) is 0 Å². The second-order valence-corrected chi connectivity index (χ2v) is 1.84. The van der Waals surface area contributed by atoms with E-state index in [4.69, 9.17) is 10.5 Å². The number of rotatable bonds is 5. The van der Waals surface area contributed by atoms with E-state index < -0.39 is 0 Å². The molecule has 0 aliphatic heterocycles. The molecule has 0 fully saturated rings. The summed E-state index contributed by atoms with van der Waals surface area (Å²) in [5.41, 5.74) is 5.27. The molecule has 2 nitrogen and oxygen atoms in total. The van der Waals surface area contributed by atoms with Crippen molar-refractivity contribution in [2.24, 2.45) is 5.73 Å². The molecule has 9 heavy (non-hydrogen) atoms. The molecular formula is C7H15NO. The second kappa shape index (κ2) is 7.50. The molecule has 2 N–H and O–H groups in total. The van der Waals surface area contributed by atoms with Gasteiger partial charge < -0.3 is 10.5 Å². The topological polar surface area (TPSA) is 35.2 Å². The van der Waals surface area contributed by atoms with Crippen molar-refractivity contribution >= 4 is 0 Å². The minimum Gasteiger partial charge on any atom is -0.502 e. The van der Waals surface area contributed by atoms with Crippen LogP contribution in [0.5, 0.6) is 0 Å². The predicted octanol–water partition coefficient (Wildman–Crippen LogP) is 1.28. The fourth-order valence-corrected chi connectivity index (χ4v) is 0.494. The van der Waals surface area contributed by atoms with Crippen LogP contribution in [0.25, 0.3) is 0 Å². The lowest BCUT2D eigenvalue weighted by Crippen LogP contribution is -1.99. The maximum Gasteiger partial charge on any atom is 0.0873 e. The van der Waals surface area contributed by atoms with E-state index in [-0.39, 0.29) is 0 Å². The Morgan fingerprint density at radius 3 is 2.78 bits per heavy atom. The second-order valence-electron chi connectivity index (χ2n) is 1.84. The lowest BCUT2D eigenvalue weighted by Gasteiger charge is -1.96. The molecule has 0 unspecified atom stereocenters. The van der Waals surface area contributed by atoms with Crippen LogP contribution in [0.4, 0.5) is 0 Å². The van der Waals surface area contributed by atoms with E-state index in [0.29, 0.717) is 0 Å². The first kappa shape index (κ1) is 8.50. The molecule has 0 amide bonds. The number of hydrogen-bond acceptors (Lipinski definition) is 2. The van der Waals surface area contributed by atoms with Crippen LogP contribution in [0, 0.1) is 0 Å². The summed E-state index contributed by atoms with van der Waals surface area (Å²) in [6.45, 7) is 3.49. The van der Waals surface area contributed by atoms with Gasteiger partial charge in [0.25, 0.3) is 0 Å². The van der Waals surface area contributed by atoms with Crippen molar-refractivity contribution in [2.45, 2.75) is 19.8 Å². The smallest absolute Gasteiger partial charge is 0.0873 e. The molecule has 0 spiro atoms. The zero-order valence-electron chi connectivity index (χ0n) is 5.97. The third kappa shape index (κ3) is 7.50. The van der Waals surface area contributed by atoms with Gasteiger partial charge in [0.2, 0.25) is 0 Å². The zero-order chi connectivity index (χ0) is 6.95. The van der Waals surface area contributed by atoms with Crippen LogP contribution in [0.3, 0.4) is 0 Å². The molecule has 0 bridgehead atoms. The SMILES string of the molecule is CC=COCCCCN. The molecule has 0 saturated heterocycles. The van der Waals surface area contributed by atoms with E-state index in [1.54, 1.807) is 6.26 Å². The number of hydrogen-bond donors (Lipinski definition) is 1. The summed E-state index contributed by atoms with van der Waals surface area (Å²) in [5.74, 6) is 0. The lowest BCUT2D eigenvalue weighted by molar-refractivity contribution is 0.242. The van der Waals surface area contributed by atoms with Gasteiger partial charge in [-0.15, -0.1) is 0 Å². The minimum atomic E-state index is 0.763. The first-order valence-corrected chi connectivity index (χ1v) is 3.34. The lowest BCUT2D eigenvalue weighted by atomic mass is 10.3. The molecule has 0 aromatic heterocycles. The van der Waals surface area contributed by atoms with E-state index in [9.17, 15) is 0 Å². The van der Waals surface area contributed by atoms with Gasteiger partial charge in [0.1, 0.15) is 0 Å². The number of ether oxygens (including phenoxy) is 1. The van der Waals surface area contributed by atoms with Gasteiger partial charge in [-0.2, -0.15) is 0 Å². The van der Waals surface area contributed by atoms with Gasteiger partial charge in [0.05, 0.1) is 12.9 Å². The Kier molecular flexibility index (Phi) is 7.08. The molecule has 0 aromatic rings. The van der Waals surface area contributed by atoms with E-state index in [1.807, 2.05) is 13.0 Å². The third-order valence-corrected chi connectivity index (χ3v) is 0.949. The van der Waals surface area contributed by atoms with Crippen LogP contribution >= 0.6 is 0 Å². The Bertz CT molecular complexity index is 71.3. The minimum absolute atomic E-state index is 0.763. The standard InChI is InChI=1S/C7H15NO/c1-2-6-9-7-4-3-5-8/h2,6H,3-5,7-8H2,1H3. The first-order valence-electron chi connectivity index (χ1n) is 3.34. The molecule has 0 heterocycles. The summed E-state index contributed by atoms with van der Waals surface area (Å²) in [6.07, 6.45) is 5.69. The maximum atomic E-state index is 5.27. The summed E-state index contributed by atoms with van der Waals surface area (Å²) in [4.78, 5) is 0. The van der Waals surface area contributed by atoms with Gasteiger partial charge >= 0.3 is 0 Å². The third-order valence-electron chi connectivity index (χ3n) is 0.949. The number of unbranched alkanes of at least 4 members (excludes halogenated alkanes) is 1. The van der Waals surface area contributed by atoms with E-state index in [1.165, 1.54) is 0 Å². The molecule has 0 aliphatic rings. The highest BCUT2D eigenvalue weighted by atomic mass is 16.5. The number of nitrogens with two attached hydrogens (primary N) is 1. The van der Waals surface area contributed by atoms with Crippen molar-refractivity contribution in [3.05, 3.63) is 12.3 Å². The fraction of sp³-hybridized carbons (Fsp3) is 0.714. The van der Waals surface area contributed by atoms with Gasteiger partial charge in [0, 0.05) is 0 Å². The fourth-order valence-electron chi connectivity index (χ4n) is 0.494. The Hall–Kier alpha value is -0.500. The molecule has 0 radical (unpaired) electrons. The normalized spacial score (nSPS) is 10.4. The Labute approximate surface area is 56.7 Å². The van der Waals surface area contributed by atoms with Gasteiger partial charge in [-0.25, -0.2) is 0 Å². The zero-order valence-corrected chi connectivity index (χ0v) is 5.97. The summed E-state index contributed by atoms with van der Waals surface area (Å²) in [6, 6.07) is 0. The van der Waals surface area contributed by atoms with E-state index in [2.05, 4.69) is 0 Å². The quantitative estimate of drug-likeness (QED) is 0.448. The molecule has 0 atom stereocenters. The number of allylic oxidation sites excluding steroid dienone is 1. The molecule has 54 valence electrons. The van der Waals surface area contributed by atoms with E-state index in [0.717, 1.165) is 26.0 Å². The first-order chi connectivity index (χ1) is 4.41. The summed E-state index contributed by atoms with van der Waals surface area (Å²) in [5, 5.41) is 0. The average molecular weight is 129 g/mol. The largest absolute Gasteiger partial charge is 0.502 e. The summed E-state index contributed by atoms with van der Waals surface area (Å²) in [7, 11) is 0. The molecule has 0 saturated carbocycles. The molecule has 0 rings (SSSR count). The molecule has 0 aromatic carbocycles. The van der Waals surface area contributed by atoms with Crippen molar-refractivity contribution in [1.82, 2.24) is 0 Å². The van der Waals surface area contributed by atoms with Crippen molar-refractivity contribution < 1.29 is 4.74 Å².